The third-order valence-corrected chi connectivity index (χ3v) is 5.76. The summed E-state index contributed by atoms with van der Waals surface area (Å²) in [6.07, 6.45) is 0. The molecular weight excluding hydrogens is 382 g/mol. The summed E-state index contributed by atoms with van der Waals surface area (Å²) in [7, 11) is 1.68. The predicted octanol–water partition coefficient (Wildman–Crippen LogP) is 1.05. The van der Waals surface area contributed by atoms with Crippen LogP contribution in [-0.2, 0) is 4.79 Å². The van der Waals surface area contributed by atoms with Crippen molar-refractivity contribution in [2.75, 3.05) is 57.9 Å². The van der Waals surface area contributed by atoms with Gasteiger partial charge < -0.3 is 29.3 Å². The number of carbonyl (C=O) groups excluding carboxylic acids is 1. The van der Waals surface area contributed by atoms with E-state index in [2.05, 4.69) is 22.3 Å². The first-order valence-corrected chi connectivity index (χ1v) is 10.5. The second kappa shape index (κ2) is 9.26. The van der Waals surface area contributed by atoms with Gasteiger partial charge in [-0.3, -0.25) is 4.79 Å². The molecule has 2 N–H and O–H groups in total. The lowest BCUT2D eigenvalue weighted by molar-refractivity contribution is -0.892. The number of fused-ring (bicyclic) bond motifs is 1. The number of hydrogen-bond acceptors (Lipinski definition) is 5. The Hall–Kier alpha value is -2.93. The van der Waals surface area contributed by atoms with Gasteiger partial charge in [0.25, 0.3) is 5.91 Å². The topological polar surface area (TPSA) is 64.5 Å². The maximum absolute atomic E-state index is 12.6. The monoisotopic (exact) mass is 412 g/mol. The van der Waals surface area contributed by atoms with E-state index < -0.39 is 0 Å². The fraction of sp³-hybridized carbons (Fsp3) is 0.435. The summed E-state index contributed by atoms with van der Waals surface area (Å²) in [5.74, 6) is 2.46. The number of piperazine rings is 1. The van der Waals surface area contributed by atoms with Gasteiger partial charge in [0.15, 0.2) is 18.0 Å². The molecule has 160 valence electrons. The molecule has 2 aliphatic rings. The fourth-order valence-electron chi connectivity index (χ4n) is 3.98. The van der Waals surface area contributed by atoms with Crippen LogP contribution in [0.3, 0.4) is 0 Å². The third kappa shape index (κ3) is 4.79. The molecule has 0 saturated carbocycles. The summed E-state index contributed by atoms with van der Waals surface area (Å²) >= 11 is 0. The van der Waals surface area contributed by atoms with Gasteiger partial charge >= 0.3 is 0 Å². The number of methoxy groups -OCH3 is 1. The molecule has 0 unspecified atom stereocenters. The number of hydrogen-bond donors (Lipinski definition) is 2. The van der Waals surface area contributed by atoms with Crippen molar-refractivity contribution in [2.45, 2.75) is 13.0 Å². The van der Waals surface area contributed by atoms with Gasteiger partial charge in [0.2, 0.25) is 0 Å². The molecule has 7 heteroatoms. The van der Waals surface area contributed by atoms with Gasteiger partial charge in [-0.15, -0.1) is 0 Å². The lowest BCUT2D eigenvalue weighted by Crippen LogP contribution is -3.15. The van der Waals surface area contributed by atoms with E-state index in [-0.39, 0.29) is 11.9 Å². The number of carbonyl (C=O) groups is 1. The molecular formula is C23H30N3O4+. The lowest BCUT2D eigenvalue weighted by atomic mass is 10.1. The standard InChI is InChI=1S/C23H29N3O4/c1-17(18-3-8-21-22(15-18)30-14-13-29-21)24-23(27)16-25-9-11-26(12-10-25)19-4-6-20(28-2)7-5-19/h3-8,15,17H,9-14,16H2,1-2H3,(H,24,27)/p+1/t17-/m1/s1. The molecule has 0 radical (unpaired) electrons. The number of amides is 1. The van der Waals surface area contributed by atoms with Crippen LogP contribution in [0.15, 0.2) is 42.5 Å². The van der Waals surface area contributed by atoms with Gasteiger partial charge in [0, 0.05) is 5.69 Å². The largest absolute Gasteiger partial charge is 0.497 e. The quantitative estimate of drug-likeness (QED) is 0.743. The molecule has 0 spiro atoms. The zero-order valence-electron chi connectivity index (χ0n) is 17.6. The summed E-state index contributed by atoms with van der Waals surface area (Å²) in [6.45, 7) is 7.39. The Morgan fingerprint density at radius 3 is 2.50 bits per heavy atom. The van der Waals surface area contributed by atoms with Crippen molar-refractivity contribution in [1.29, 1.82) is 0 Å². The minimum Gasteiger partial charge on any atom is -0.497 e. The number of nitrogens with zero attached hydrogens (tertiary/aromatic N) is 1. The molecule has 2 aromatic carbocycles. The number of quaternary nitrogens is 1. The van der Waals surface area contributed by atoms with E-state index >= 15 is 0 Å². The number of rotatable bonds is 6. The molecule has 2 aromatic rings. The van der Waals surface area contributed by atoms with Gasteiger partial charge in [-0.1, -0.05) is 6.07 Å². The van der Waals surface area contributed by atoms with E-state index in [1.54, 1.807) is 7.11 Å². The molecule has 0 aromatic heterocycles. The van der Waals surface area contributed by atoms with Crippen molar-refractivity contribution in [1.82, 2.24) is 5.32 Å². The van der Waals surface area contributed by atoms with Crippen LogP contribution in [0.25, 0.3) is 0 Å². The highest BCUT2D eigenvalue weighted by Gasteiger charge is 2.23. The highest BCUT2D eigenvalue weighted by Crippen LogP contribution is 2.32. The molecule has 0 aliphatic carbocycles. The first-order valence-electron chi connectivity index (χ1n) is 10.5. The van der Waals surface area contributed by atoms with Crippen molar-refractivity contribution < 1.29 is 23.9 Å². The summed E-state index contributed by atoms with van der Waals surface area (Å²) in [5, 5.41) is 3.12. The summed E-state index contributed by atoms with van der Waals surface area (Å²) in [6, 6.07) is 13.9. The molecule has 1 fully saturated rings. The van der Waals surface area contributed by atoms with E-state index in [1.165, 1.54) is 10.6 Å². The Bertz CT molecular complexity index is 863. The summed E-state index contributed by atoms with van der Waals surface area (Å²) < 4.78 is 16.4. The molecule has 0 bridgehead atoms. The van der Waals surface area contributed by atoms with Crippen LogP contribution in [0.4, 0.5) is 5.69 Å². The van der Waals surface area contributed by atoms with Crippen molar-refractivity contribution in [3.63, 3.8) is 0 Å². The first-order chi connectivity index (χ1) is 14.6. The second-order valence-corrected chi connectivity index (χ2v) is 7.80. The fourth-order valence-corrected chi connectivity index (χ4v) is 3.98. The molecule has 2 aliphatic heterocycles. The Morgan fingerprint density at radius 2 is 1.80 bits per heavy atom. The normalized spacial score (nSPS) is 17.3. The smallest absolute Gasteiger partial charge is 0.275 e. The zero-order valence-corrected chi connectivity index (χ0v) is 17.6. The van der Waals surface area contributed by atoms with Crippen molar-refractivity contribution >= 4 is 11.6 Å². The Balaban J connectivity index is 1.25. The van der Waals surface area contributed by atoms with E-state index in [9.17, 15) is 4.79 Å². The number of benzene rings is 2. The molecule has 1 saturated heterocycles. The van der Waals surface area contributed by atoms with Crippen LogP contribution in [-0.4, -0.2) is 59.0 Å². The Labute approximate surface area is 177 Å². The van der Waals surface area contributed by atoms with Crippen LogP contribution in [0.5, 0.6) is 17.2 Å². The molecule has 7 nitrogen and oxygen atoms in total. The number of ether oxygens (including phenoxy) is 3. The van der Waals surface area contributed by atoms with Crippen LogP contribution < -0.4 is 29.3 Å². The molecule has 2 heterocycles. The van der Waals surface area contributed by atoms with Crippen LogP contribution >= 0.6 is 0 Å². The zero-order chi connectivity index (χ0) is 20.9. The Morgan fingerprint density at radius 1 is 1.10 bits per heavy atom. The van der Waals surface area contributed by atoms with E-state index in [4.69, 9.17) is 14.2 Å². The highest BCUT2D eigenvalue weighted by molar-refractivity contribution is 5.77. The maximum Gasteiger partial charge on any atom is 0.275 e. The summed E-state index contributed by atoms with van der Waals surface area (Å²) in [5.41, 5.74) is 2.22. The van der Waals surface area contributed by atoms with E-state index in [0.717, 1.165) is 49.0 Å². The van der Waals surface area contributed by atoms with Crippen LogP contribution in [0, 0.1) is 0 Å². The van der Waals surface area contributed by atoms with Gasteiger partial charge in [0.1, 0.15) is 19.0 Å². The highest BCUT2D eigenvalue weighted by atomic mass is 16.6. The van der Waals surface area contributed by atoms with Crippen molar-refractivity contribution in [3.8, 4) is 17.2 Å². The molecule has 30 heavy (non-hydrogen) atoms. The van der Waals surface area contributed by atoms with Gasteiger partial charge in [-0.05, 0) is 48.9 Å². The summed E-state index contributed by atoms with van der Waals surface area (Å²) in [4.78, 5) is 16.3. The first kappa shape index (κ1) is 20.3. The van der Waals surface area contributed by atoms with E-state index in [0.29, 0.717) is 19.8 Å². The predicted molar refractivity (Wildman–Crippen MR) is 115 cm³/mol. The second-order valence-electron chi connectivity index (χ2n) is 7.80. The number of nitrogens with one attached hydrogen (secondary N) is 2. The number of anilines is 1. The average Bonchev–Trinajstić information content (AvgIpc) is 2.79. The minimum atomic E-state index is -0.0756. The maximum atomic E-state index is 12.6. The molecule has 1 atom stereocenters. The Kier molecular flexibility index (Phi) is 6.28. The van der Waals surface area contributed by atoms with Crippen LogP contribution in [0.1, 0.15) is 18.5 Å². The molecule has 4 rings (SSSR count). The van der Waals surface area contributed by atoms with Gasteiger partial charge in [-0.2, -0.15) is 0 Å². The van der Waals surface area contributed by atoms with Gasteiger partial charge in [-0.25, -0.2) is 0 Å². The van der Waals surface area contributed by atoms with Crippen LogP contribution in [0.2, 0.25) is 0 Å². The molecule has 1 amide bonds. The minimum absolute atomic E-state index is 0.0743. The third-order valence-electron chi connectivity index (χ3n) is 5.76. The SMILES string of the molecule is COc1ccc(N2CC[NH+](CC(=O)N[C@H](C)c3ccc4c(c3)OCCO4)CC2)cc1. The van der Waals surface area contributed by atoms with Gasteiger partial charge in [0.05, 0.1) is 39.3 Å². The van der Waals surface area contributed by atoms with E-state index in [1.807, 2.05) is 37.3 Å². The lowest BCUT2D eigenvalue weighted by Gasteiger charge is -2.33. The van der Waals surface area contributed by atoms with Crippen molar-refractivity contribution in [3.05, 3.63) is 48.0 Å². The average molecular weight is 413 g/mol. The van der Waals surface area contributed by atoms with Crippen molar-refractivity contribution in [2.24, 2.45) is 0 Å².